The second-order valence-corrected chi connectivity index (χ2v) is 3.74. The number of carboxylic acids is 1. The molecule has 0 aliphatic heterocycles. The Balaban J connectivity index is 2.82. The first kappa shape index (κ1) is 10.4. The molecule has 1 N–H and O–H groups in total. The summed E-state index contributed by atoms with van der Waals surface area (Å²) in [4.78, 5) is 12.1. The van der Waals surface area contributed by atoms with E-state index in [1.807, 2.05) is 0 Å². The Morgan fingerprint density at radius 3 is 2.00 bits per heavy atom. The second kappa shape index (κ2) is 3.21. The van der Waals surface area contributed by atoms with Crippen molar-refractivity contribution in [3.05, 3.63) is 0 Å². The molecule has 1 atom stereocenters. The van der Waals surface area contributed by atoms with E-state index >= 15 is 0 Å². The highest BCUT2D eigenvalue weighted by Crippen LogP contribution is 2.54. The zero-order valence-electron chi connectivity index (χ0n) is 7.63. The quantitative estimate of drug-likeness (QED) is 0.725. The summed E-state index contributed by atoms with van der Waals surface area (Å²) in [6.07, 6.45) is -1.93. The minimum Gasteiger partial charge on any atom is -0.480 e. The molecule has 0 spiro atoms. The summed E-state index contributed by atoms with van der Waals surface area (Å²) < 4.78 is 25.1. The number of alkyl halides is 2. The molecule has 0 saturated heterocycles. The molecular formula is C8H13F2NO2. The standard InChI is InChI=1S/C8H13F2NO2/c1-11(2)5(6(12)13)8(3-4-8)7(9)10/h5,7H,3-4H2,1-2H3,(H,12,13). The summed E-state index contributed by atoms with van der Waals surface area (Å²) in [6.45, 7) is 0. The van der Waals surface area contributed by atoms with Gasteiger partial charge in [-0.05, 0) is 26.9 Å². The average molecular weight is 193 g/mol. The molecule has 0 aromatic carbocycles. The summed E-state index contributed by atoms with van der Waals surface area (Å²) in [5.41, 5.74) is -1.30. The maximum atomic E-state index is 12.6. The molecule has 0 heterocycles. The highest BCUT2D eigenvalue weighted by molar-refractivity contribution is 5.75. The van der Waals surface area contributed by atoms with Crippen molar-refractivity contribution in [1.82, 2.24) is 4.90 Å². The molecule has 1 rings (SSSR count). The molecule has 1 unspecified atom stereocenters. The van der Waals surface area contributed by atoms with Crippen LogP contribution in [-0.4, -0.2) is 42.5 Å². The Labute approximate surface area is 75.3 Å². The van der Waals surface area contributed by atoms with E-state index in [4.69, 9.17) is 5.11 Å². The number of halogens is 2. The molecule has 0 amide bonds. The van der Waals surface area contributed by atoms with Crippen molar-refractivity contribution in [3.63, 3.8) is 0 Å². The number of carbonyl (C=O) groups is 1. The van der Waals surface area contributed by atoms with Gasteiger partial charge < -0.3 is 5.11 Å². The van der Waals surface area contributed by atoms with Gasteiger partial charge in [0.15, 0.2) is 0 Å². The number of aliphatic carboxylic acids is 1. The number of nitrogens with zero attached hydrogens (tertiary/aromatic N) is 1. The summed E-state index contributed by atoms with van der Waals surface area (Å²) in [5.74, 6) is -1.16. The van der Waals surface area contributed by atoms with Gasteiger partial charge in [-0.1, -0.05) is 0 Å². The molecule has 5 heteroatoms. The number of hydrogen-bond acceptors (Lipinski definition) is 2. The minimum absolute atomic E-state index is 0.305. The summed E-state index contributed by atoms with van der Waals surface area (Å²) in [6, 6.07) is -1.06. The van der Waals surface area contributed by atoms with Gasteiger partial charge in [-0.2, -0.15) is 0 Å². The fourth-order valence-corrected chi connectivity index (χ4v) is 1.74. The van der Waals surface area contributed by atoms with Gasteiger partial charge in [-0.3, -0.25) is 9.69 Å². The van der Waals surface area contributed by atoms with Gasteiger partial charge in [0.05, 0.1) is 5.41 Å². The van der Waals surface area contributed by atoms with Crippen molar-refractivity contribution in [1.29, 1.82) is 0 Å². The van der Waals surface area contributed by atoms with E-state index in [-0.39, 0.29) is 0 Å². The monoisotopic (exact) mass is 193 g/mol. The first-order valence-electron chi connectivity index (χ1n) is 4.09. The van der Waals surface area contributed by atoms with Gasteiger partial charge in [-0.25, -0.2) is 8.78 Å². The molecule has 0 radical (unpaired) electrons. The first-order chi connectivity index (χ1) is 5.92. The van der Waals surface area contributed by atoms with E-state index in [9.17, 15) is 13.6 Å². The van der Waals surface area contributed by atoms with Crippen molar-refractivity contribution in [3.8, 4) is 0 Å². The lowest BCUT2D eigenvalue weighted by Gasteiger charge is -2.28. The lowest BCUT2D eigenvalue weighted by molar-refractivity contribution is -0.148. The van der Waals surface area contributed by atoms with E-state index in [1.54, 1.807) is 0 Å². The molecule has 0 bridgehead atoms. The van der Waals surface area contributed by atoms with Crippen molar-refractivity contribution < 1.29 is 18.7 Å². The van der Waals surface area contributed by atoms with Crippen LogP contribution >= 0.6 is 0 Å². The predicted molar refractivity (Wildman–Crippen MR) is 42.8 cm³/mol. The van der Waals surface area contributed by atoms with Crippen LogP contribution in [0.4, 0.5) is 8.78 Å². The van der Waals surface area contributed by atoms with Gasteiger partial charge in [0, 0.05) is 0 Å². The first-order valence-corrected chi connectivity index (χ1v) is 4.09. The number of carboxylic acid groups (broad SMARTS) is 1. The van der Waals surface area contributed by atoms with Crippen LogP contribution in [0.2, 0.25) is 0 Å². The highest BCUT2D eigenvalue weighted by Gasteiger charge is 2.60. The predicted octanol–water partition coefficient (Wildman–Crippen LogP) is 1.05. The number of likely N-dealkylation sites (N-methyl/N-ethyl adjacent to an activating group) is 1. The van der Waals surface area contributed by atoms with Crippen LogP contribution in [0.25, 0.3) is 0 Å². The Morgan fingerprint density at radius 2 is 1.92 bits per heavy atom. The minimum atomic E-state index is -2.55. The van der Waals surface area contributed by atoms with Crippen LogP contribution in [0.5, 0.6) is 0 Å². The highest BCUT2D eigenvalue weighted by atomic mass is 19.3. The summed E-state index contributed by atoms with van der Waals surface area (Å²) in [5, 5.41) is 8.79. The maximum Gasteiger partial charge on any atom is 0.321 e. The lowest BCUT2D eigenvalue weighted by atomic mass is 9.96. The zero-order valence-corrected chi connectivity index (χ0v) is 7.63. The van der Waals surface area contributed by atoms with Crippen molar-refractivity contribution >= 4 is 5.97 Å². The largest absolute Gasteiger partial charge is 0.480 e. The molecule has 1 fully saturated rings. The van der Waals surface area contributed by atoms with Gasteiger partial charge in [0.25, 0.3) is 0 Å². The molecule has 1 aliphatic rings. The smallest absolute Gasteiger partial charge is 0.321 e. The second-order valence-electron chi connectivity index (χ2n) is 3.74. The molecule has 3 nitrogen and oxygen atoms in total. The molecule has 1 aliphatic carbocycles. The molecule has 0 aromatic rings. The van der Waals surface area contributed by atoms with Crippen LogP contribution in [0.1, 0.15) is 12.8 Å². The zero-order chi connectivity index (χ0) is 10.2. The van der Waals surface area contributed by atoms with Crippen LogP contribution < -0.4 is 0 Å². The third-order valence-corrected chi connectivity index (χ3v) is 2.56. The van der Waals surface area contributed by atoms with Crippen LogP contribution in [0.15, 0.2) is 0 Å². The van der Waals surface area contributed by atoms with Crippen molar-refractivity contribution in [2.24, 2.45) is 5.41 Å². The molecule has 13 heavy (non-hydrogen) atoms. The Morgan fingerprint density at radius 1 is 1.46 bits per heavy atom. The van der Waals surface area contributed by atoms with E-state index < -0.39 is 23.9 Å². The van der Waals surface area contributed by atoms with E-state index in [0.29, 0.717) is 12.8 Å². The van der Waals surface area contributed by atoms with Crippen molar-refractivity contribution in [2.45, 2.75) is 25.3 Å². The number of hydrogen-bond donors (Lipinski definition) is 1. The van der Waals surface area contributed by atoms with Gasteiger partial charge in [0.1, 0.15) is 6.04 Å². The fraction of sp³-hybridized carbons (Fsp3) is 0.875. The molecule has 76 valence electrons. The van der Waals surface area contributed by atoms with Crippen molar-refractivity contribution in [2.75, 3.05) is 14.1 Å². The van der Waals surface area contributed by atoms with E-state index in [1.165, 1.54) is 19.0 Å². The third kappa shape index (κ3) is 1.65. The molecular weight excluding hydrogens is 180 g/mol. The SMILES string of the molecule is CN(C)C(C(=O)O)C1(C(F)F)CC1. The Hall–Kier alpha value is -0.710. The maximum absolute atomic E-state index is 12.6. The summed E-state index contributed by atoms with van der Waals surface area (Å²) in [7, 11) is 3.03. The summed E-state index contributed by atoms with van der Waals surface area (Å²) >= 11 is 0. The Bertz CT molecular complexity index is 214. The number of rotatable bonds is 4. The van der Waals surface area contributed by atoms with Gasteiger partial charge in [-0.15, -0.1) is 0 Å². The topological polar surface area (TPSA) is 40.5 Å². The van der Waals surface area contributed by atoms with Crippen LogP contribution in [-0.2, 0) is 4.79 Å². The molecule has 0 aromatic heterocycles. The third-order valence-electron chi connectivity index (χ3n) is 2.56. The van der Waals surface area contributed by atoms with Crippen LogP contribution in [0.3, 0.4) is 0 Å². The fourth-order valence-electron chi connectivity index (χ4n) is 1.74. The van der Waals surface area contributed by atoms with Gasteiger partial charge >= 0.3 is 5.97 Å². The van der Waals surface area contributed by atoms with E-state index in [2.05, 4.69) is 0 Å². The molecule has 1 saturated carbocycles. The average Bonchev–Trinajstić information content (AvgIpc) is 2.66. The van der Waals surface area contributed by atoms with Gasteiger partial charge in [0.2, 0.25) is 6.43 Å². The lowest BCUT2D eigenvalue weighted by Crippen LogP contribution is -2.46. The normalized spacial score (nSPS) is 22.0. The Kier molecular flexibility index (Phi) is 2.56. The van der Waals surface area contributed by atoms with E-state index in [0.717, 1.165) is 0 Å². The van der Waals surface area contributed by atoms with Crippen LogP contribution in [0, 0.1) is 5.41 Å².